The van der Waals surface area contributed by atoms with Crippen LogP contribution in [0.4, 0.5) is 0 Å². The molecule has 0 spiro atoms. The number of aliphatic hydroxyl groups is 1. The van der Waals surface area contributed by atoms with Crippen LogP contribution >= 0.6 is 8.25 Å². The highest BCUT2D eigenvalue weighted by Gasteiger charge is 1.77. The van der Waals surface area contributed by atoms with Gasteiger partial charge >= 0.3 is 8.25 Å². The Balaban J connectivity index is 0. The highest BCUT2D eigenvalue weighted by molar-refractivity contribution is 7.30. The van der Waals surface area contributed by atoms with E-state index in [9.17, 15) is 0 Å². The molecule has 4 N–H and O–H groups in total. The second kappa shape index (κ2) is 8.65. The molecule has 6 heteroatoms. The summed E-state index contributed by atoms with van der Waals surface area (Å²) in [6.45, 7) is 3.72. The maximum Gasteiger partial charge on any atom is 0.314 e. The van der Waals surface area contributed by atoms with E-state index in [0.29, 0.717) is 6.54 Å². The zero-order valence-corrected chi connectivity index (χ0v) is 6.66. The predicted molar refractivity (Wildman–Crippen MR) is 39.1 cm³/mol. The fourth-order valence-corrected chi connectivity index (χ4v) is 0.204. The van der Waals surface area contributed by atoms with Crippen molar-refractivity contribution >= 4 is 8.25 Å². The molecule has 0 aromatic carbocycles. The van der Waals surface area contributed by atoms with E-state index in [4.69, 9.17) is 19.5 Å². The smallest absolute Gasteiger partial charge is 0.314 e. The average molecular weight is 169 g/mol. The Morgan fingerprint density at radius 2 is 2.00 bits per heavy atom. The maximum atomic E-state index is 8.74. The van der Waals surface area contributed by atoms with Crippen molar-refractivity contribution in [1.82, 2.24) is 5.32 Å². The van der Waals surface area contributed by atoms with Gasteiger partial charge in [0.1, 0.15) is 0 Å². The molecule has 0 aliphatic heterocycles. The van der Waals surface area contributed by atoms with Gasteiger partial charge in [-0.05, 0) is 7.05 Å². The van der Waals surface area contributed by atoms with Gasteiger partial charge in [0.15, 0.2) is 0 Å². The fourth-order valence-electron chi connectivity index (χ4n) is 0.204. The van der Waals surface area contributed by atoms with Crippen LogP contribution < -0.4 is 5.32 Å². The van der Waals surface area contributed by atoms with E-state index < -0.39 is 8.25 Å². The summed E-state index contributed by atoms with van der Waals surface area (Å²) in [6, 6.07) is 0. The van der Waals surface area contributed by atoms with Crippen LogP contribution in [-0.2, 0) is 4.57 Å². The first-order valence-corrected chi connectivity index (χ1v) is 3.74. The van der Waals surface area contributed by atoms with Crippen molar-refractivity contribution in [2.45, 2.75) is 0 Å². The molecule has 5 nitrogen and oxygen atoms in total. The number of hydrogen-bond acceptors (Lipinski definition) is 3. The lowest BCUT2D eigenvalue weighted by Gasteiger charge is -1.90. The summed E-state index contributed by atoms with van der Waals surface area (Å²) < 4.78 is 8.74. The molecule has 0 heterocycles. The third-order valence-electron chi connectivity index (χ3n) is 0.381. The zero-order chi connectivity index (χ0) is 8.57. The molecule has 0 saturated heterocycles. The van der Waals surface area contributed by atoms with Gasteiger partial charge in [0.25, 0.3) is 0 Å². The number of hydrogen-bond donors (Lipinski definition) is 4. The number of likely N-dealkylation sites (N-methyl/N-ethyl adjacent to an activating group) is 1. The van der Waals surface area contributed by atoms with Crippen LogP contribution in [0.15, 0.2) is 12.3 Å². The second-order valence-corrected chi connectivity index (χ2v) is 1.94. The van der Waals surface area contributed by atoms with E-state index in [2.05, 4.69) is 11.9 Å². The van der Waals surface area contributed by atoms with Crippen LogP contribution in [-0.4, -0.2) is 28.5 Å². The van der Waals surface area contributed by atoms with Crippen LogP contribution in [0.1, 0.15) is 0 Å². The van der Waals surface area contributed by atoms with Crippen molar-refractivity contribution in [2.75, 3.05) is 13.6 Å². The Hall–Kier alpha value is -0.350. The number of nitrogens with one attached hydrogen (secondary N) is 1. The second-order valence-electron chi connectivity index (χ2n) is 1.38. The Labute approximate surface area is 60.0 Å². The minimum Gasteiger partial charge on any atom is -0.512 e. The van der Waals surface area contributed by atoms with E-state index in [1.54, 1.807) is 7.05 Å². The van der Waals surface area contributed by atoms with Crippen LogP contribution in [0, 0.1) is 0 Å². The third-order valence-corrected chi connectivity index (χ3v) is 0.381. The van der Waals surface area contributed by atoms with E-state index in [1.807, 2.05) is 0 Å². The topological polar surface area (TPSA) is 89.8 Å². The van der Waals surface area contributed by atoms with Crippen molar-refractivity contribution in [3.63, 3.8) is 0 Å². The van der Waals surface area contributed by atoms with Crippen molar-refractivity contribution < 1.29 is 19.5 Å². The molecule has 0 unspecified atom stereocenters. The van der Waals surface area contributed by atoms with Gasteiger partial charge in [0, 0.05) is 0 Å². The minimum absolute atomic E-state index is 0.178. The molecule has 0 rings (SSSR count). The first kappa shape index (κ1) is 12.3. The summed E-state index contributed by atoms with van der Waals surface area (Å²) in [6.07, 6.45) is 0. The molecular weight excluding hydrogens is 157 g/mol. The lowest BCUT2D eigenvalue weighted by molar-refractivity contribution is 0.397. The standard InChI is InChI=1S/C4H9NO.H3O3P/c1-4(6)3-5-2;1-4(2)3/h5-6H,1,3H2,2H3;4H,(H2,1,2,3). The molecule has 0 atom stereocenters. The molecular formula is C4H12NO4P. The van der Waals surface area contributed by atoms with Crippen molar-refractivity contribution in [3.8, 4) is 0 Å². The maximum absolute atomic E-state index is 8.74. The summed E-state index contributed by atoms with van der Waals surface area (Å²) in [7, 11) is -1.38. The average Bonchev–Trinajstić information content (AvgIpc) is 1.62. The van der Waals surface area contributed by atoms with Crippen LogP contribution in [0.25, 0.3) is 0 Å². The fraction of sp³-hybridized carbons (Fsp3) is 0.500. The third kappa shape index (κ3) is 48.2. The van der Waals surface area contributed by atoms with Crippen LogP contribution in [0.3, 0.4) is 0 Å². The minimum atomic E-state index is -3.13. The molecule has 0 aliphatic carbocycles. The van der Waals surface area contributed by atoms with Gasteiger partial charge in [-0.15, -0.1) is 0 Å². The number of rotatable bonds is 2. The molecule has 0 aliphatic rings. The van der Waals surface area contributed by atoms with Gasteiger partial charge in [-0.2, -0.15) is 0 Å². The summed E-state index contributed by atoms with van der Waals surface area (Å²) in [5.74, 6) is 0.178. The van der Waals surface area contributed by atoms with Crippen molar-refractivity contribution in [2.24, 2.45) is 0 Å². The molecule has 0 fully saturated rings. The molecule has 0 bridgehead atoms. The van der Waals surface area contributed by atoms with Gasteiger partial charge in [-0.25, -0.2) is 0 Å². The quantitative estimate of drug-likeness (QED) is 0.334. The zero-order valence-electron chi connectivity index (χ0n) is 5.66. The summed E-state index contributed by atoms with van der Waals surface area (Å²) in [5.41, 5.74) is 0. The molecule has 0 aromatic rings. The van der Waals surface area contributed by atoms with Gasteiger partial charge in [0.05, 0.1) is 12.3 Å². The first-order chi connectivity index (χ1) is 4.50. The largest absolute Gasteiger partial charge is 0.512 e. The molecule has 0 aromatic heterocycles. The molecule has 10 heavy (non-hydrogen) atoms. The summed E-state index contributed by atoms with van der Waals surface area (Å²) in [4.78, 5) is 14.3. The monoisotopic (exact) mass is 169 g/mol. The Bertz CT molecular complexity index is 112. The Morgan fingerprint density at radius 3 is 2.00 bits per heavy atom. The van der Waals surface area contributed by atoms with Gasteiger partial charge in [0.2, 0.25) is 0 Å². The summed E-state index contributed by atoms with van der Waals surface area (Å²) >= 11 is 0. The summed E-state index contributed by atoms with van der Waals surface area (Å²) in [5, 5.41) is 11.0. The highest BCUT2D eigenvalue weighted by Crippen LogP contribution is 1.98. The van der Waals surface area contributed by atoms with Crippen molar-refractivity contribution in [3.05, 3.63) is 12.3 Å². The Kier molecular flexibility index (Phi) is 10.7. The Morgan fingerprint density at radius 1 is 1.70 bits per heavy atom. The lowest BCUT2D eigenvalue weighted by Crippen LogP contribution is -2.08. The molecule has 0 radical (unpaired) electrons. The molecule has 62 valence electrons. The van der Waals surface area contributed by atoms with E-state index >= 15 is 0 Å². The van der Waals surface area contributed by atoms with Gasteiger partial charge in [-0.3, -0.25) is 4.57 Å². The van der Waals surface area contributed by atoms with Crippen LogP contribution in [0.5, 0.6) is 0 Å². The van der Waals surface area contributed by atoms with E-state index in [1.165, 1.54) is 0 Å². The van der Waals surface area contributed by atoms with Gasteiger partial charge in [-0.1, -0.05) is 6.58 Å². The number of aliphatic hydroxyl groups excluding tert-OH is 1. The molecule has 0 amide bonds. The molecule has 0 saturated carbocycles. The SMILES string of the molecule is C=C(O)CNC.O=[PH](O)O. The first-order valence-electron chi connectivity index (χ1n) is 2.44. The van der Waals surface area contributed by atoms with Crippen LogP contribution in [0.2, 0.25) is 0 Å². The van der Waals surface area contributed by atoms with Crippen molar-refractivity contribution in [1.29, 1.82) is 0 Å². The van der Waals surface area contributed by atoms with E-state index in [-0.39, 0.29) is 5.76 Å². The van der Waals surface area contributed by atoms with Gasteiger partial charge < -0.3 is 20.2 Å². The van der Waals surface area contributed by atoms with E-state index in [0.717, 1.165) is 0 Å². The highest BCUT2D eigenvalue weighted by atomic mass is 31.1. The lowest BCUT2D eigenvalue weighted by atomic mass is 10.6. The normalized spacial score (nSPS) is 8.40. The predicted octanol–water partition coefficient (Wildman–Crippen LogP) is -0.362.